The van der Waals surface area contributed by atoms with E-state index in [1.54, 1.807) is 7.11 Å². The summed E-state index contributed by atoms with van der Waals surface area (Å²) < 4.78 is 11.3. The Morgan fingerprint density at radius 2 is 1.77 bits per heavy atom. The van der Waals surface area contributed by atoms with Crippen LogP contribution >= 0.6 is 0 Å². The highest BCUT2D eigenvalue weighted by Gasteiger charge is 2.14. The van der Waals surface area contributed by atoms with Crippen molar-refractivity contribution < 1.29 is 14.6 Å². The molecule has 0 amide bonds. The number of likely N-dealkylation sites (tertiary alicyclic amines) is 1. The van der Waals surface area contributed by atoms with Gasteiger partial charge in [-0.3, -0.25) is 4.90 Å². The Morgan fingerprint density at radius 3 is 2.38 bits per heavy atom. The van der Waals surface area contributed by atoms with Crippen LogP contribution in [0, 0.1) is 0 Å². The van der Waals surface area contributed by atoms with E-state index in [-0.39, 0.29) is 6.61 Å². The van der Waals surface area contributed by atoms with Crippen molar-refractivity contribution in [1.29, 1.82) is 0 Å². The van der Waals surface area contributed by atoms with Crippen molar-refractivity contribution in [3.8, 4) is 11.5 Å². The van der Waals surface area contributed by atoms with Crippen LogP contribution in [-0.4, -0.2) is 67.5 Å². The molecule has 2 rings (SSSR count). The molecule has 26 heavy (non-hydrogen) atoms. The quantitative estimate of drug-likeness (QED) is 0.691. The van der Waals surface area contributed by atoms with Gasteiger partial charge in [-0.2, -0.15) is 0 Å². The molecule has 0 aliphatic carbocycles. The van der Waals surface area contributed by atoms with Gasteiger partial charge in [0.05, 0.1) is 7.11 Å². The molecule has 148 valence electrons. The smallest absolute Gasteiger partial charge is 0.161 e. The van der Waals surface area contributed by atoms with Crippen LogP contribution < -0.4 is 9.47 Å². The second-order valence-electron chi connectivity index (χ2n) is 7.13. The van der Waals surface area contributed by atoms with Gasteiger partial charge in [0.25, 0.3) is 0 Å². The van der Waals surface area contributed by atoms with Crippen LogP contribution in [-0.2, 0) is 6.54 Å². The fraction of sp³-hybridized carbons (Fsp3) is 0.714. The average molecular weight is 365 g/mol. The van der Waals surface area contributed by atoms with E-state index in [0.717, 1.165) is 31.1 Å². The summed E-state index contributed by atoms with van der Waals surface area (Å²) in [5, 5.41) is 10.3. The Bertz CT molecular complexity index is 512. The molecule has 1 saturated heterocycles. The van der Waals surface area contributed by atoms with Crippen LogP contribution in [0.4, 0.5) is 0 Å². The lowest BCUT2D eigenvalue weighted by Crippen LogP contribution is -2.35. The summed E-state index contributed by atoms with van der Waals surface area (Å²) in [6.45, 7) is 10.3. The third kappa shape index (κ3) is 6.78. The third-order valence-electron chi connectivity index (χ3n) is 5.13. The van der Waals surface area contributed by atoms with Crippen LogP contribution in [0.3, 0.4) is 0 Å². The summed E-state index contributed by atoms with van der Waals surface area (Å²) in [5.41, 5.74) is 1.24. The molecule has 0 saturated carbocycles. The summed E-state index contributed by atoms with van der Waals surface area (Å²) in [6, 6.07) is 6.15. The maximum Gasteiger partial charge on any atom is 0.161 e. The molecule has 1 aliphatic heterocycles. The van der Waals surface area contributed by atoms with Crippen molar-refractivity contribution in [3.05, 3.63) is 23.8 Å². The van der Waals surface area contributed by atoms with E-state index in [0.29, 0.717) is 6.54 Å². The average Bonchev–Trinajstić information content (AvgIpc) is 2.93. The summed E-state index contributed by atoms with van der Waals surface area (Å²) >= 11 is 0. The van der Waals surface area contributed by atoms with Gasteiger partial charge < -0.3 is 19.5 Å². The molecule has 1 heterocycles. The standard InChI is InChI=1S/C21H36N2O3/c1-4-22(5-2)16-19(24)17-26-21-14-18(10-11-20(21)25-3)15-23-12-8-6-7-9-13-23/h10-11,14,19,24H,4-9,12-13,15-17H2,1-3H3/t19-/m0/s1. The van der Waals surface area contributed by atoms with Crippen LogP contribution in [0.15, 0.2) is 18.2 Å². The zero-order chi connectivity index (χ0) is 18.8. The highest BCUT2D eigenvalue weighted by Crippen LogP contribution is 2.29. The molecule has 0 bridgehead atoms. The highest BCUT2D eigenvalue weighted by atomic mass is 16.5. The van der Waals surface area contributed by atoms with E-state index in [2.05, 4.69) is 35.8 Å². The Kier molecular flexibility index (Phi) is 9.23. The van der Waals surface area contributed by atoms with E-state index < -0.39 is 6.10 Å². The number of aliphatic hydroxyl groups is 1. The Morgan fingerprint density at radius 1 is 1.08 bits per heavy atom. The van der Waals surface area contributed by atoms with E-state index in [4.69, 9.17) is 9.47 Å². The topological polar surface area (TPSA) is 45.2 Å². The molecule has 1 atom stereocenters. The number of methoxy groups -OCH3 is 1. The first kappa shape index (κ1) is 21.0. The lowest BCUT2D eigenvalue weighted by atomic mass is 10.2. The van der Waals surface area contributed by atoms with E-state index in [1.807, 2.05) is 6.07 Å². The first-order valence-electron chi connectivity index (χ1n) is 10.1. The number of benzene rings is 1. The van der Waals surface area contributed by atoms with Crippen LogP contribution in [0.25, 0.3) is 0 Å². The van der Waals surface area contributed by atoms with Crippen molar-refractivity contribution in [1.82, 2.24) is 9.80 Å². The Balaban J connectivity index is 1.95. The van der Waals surface area contributed by atoms with Crippen molar-refractivity contribution in [2.75, 3.05) is 46.4 Å². The molecule has 1 aliphatic rings. The maximum absolute atomic E-state index is 10.3. The molecule has 0 aromatic heterocycles. The van der Waals surface area contributed by atoms with Crippen molar-refractivity contribution >= 4 is 0 Å². The summed E-state index contributed by atoms with van der Waals surface area (Å²) in [4.78, 5) is 4.72. The molecule has 1 fully saturated rings. The second kappa shape index (κ2) is 11.4. The SMILES string of the molecule is CCN(CC)C[C@H](O)COc1cc(CN2CCCCCC2)ccc1OC. The molecule has 0 unspecified atom stereocenters. The predicted molar refractivity (Wildman–Crippen MR) is 106 cm³/mol. The molecule has 0 radical (unpaired) electrons. The summed E-state index contributed by atoms with van der Waals surface area (Å²) in [7, 11) is 1.66. The lowest BCUT2D eigenvalue weighted by molar-refractivity contribution is 0.0705. The minimum absolute atomic E-state index is 0.278. The van der Waals surface area contributed by atoms with Gasteiger partial charge in [-0.25, -0.2) is 0 Å². The van der Waals surface area contributed by atoms with Gasteiger partial charge in [0.1, 0.15) is 12.7 Å². The van der Waals surface area contributed by atoms with Gasteiger partial charge in [-0.1, -0.05) is 32.8 Å². The van der Waals surface area contributed by atoms with E-state index in [9.17, 15) is 5.11 Å². The highest BCUT2D eigenvalue weighted by molar-refractivity contribution is 5.43. The van der Waals surface area contributed by atoms with Crippen LogP contribution in [0.2, 0.25) is 0 Å². The van der Waals surface area contributed by atoms with Crippen molar-refractivity contribution in [2.45, 2.75) is 52.2 Å². The molecule has 0 spiro atoms. The number of likely N-dealkylation sites (N-methyl/N-ethyl adjacent to an activating group) is 1. The first-order chi connectivity index (χ1) is 12.7. The van der Waals surface area contributed by atoms with E-state index >= 15 is 0 Å². The summed E-state index contributed by atoms with van der Waals surface area (Å²) in [6.07, 6.45) is 4.76. The summed E-state index contributed by atoms with van der Waals surface area (Å²) in [5.74, 6) is 1.44. The van der Waals surface area contributed by atoms with Crippen LogP contribution in [0.5, 0.6) is 11.5 Å². The molecule has 5 nitrogen and oxygen atoms in total. The number of nitrogens with zero attached hydrogens (tertiary/aromatic N) is 2. The number of aliphatic hydroxyl groups excluding tert-OH is 1. The second-order valence-corrected chi connectivity index (χ2v) is 7.13. The minimum Gasteiger partial charge on any atom is -0.493 e. The molecule has 1 aromatic carbocycles. The van der Waals surface area contributed by atoms with Gasteiger partial charge >= 0.3 is 0 Å². The predicted octanol–water partition coefficient (Wildman–Crippen LogP) is 3.15. The number of ether oxygens (including phenoxy) is 2. The van der Waals surface area contributed by atoms with Gasteiger partial charge in [0, 0.05) is 13.1 Å². The van der Waals surface area contributed by atoms with Gasteiger partial charge in [0.2, 0.25) is 0 Å². The van der Waals surface area contributed by atoms with E-state index in [1.165, 1.54) is 44.3 Å². The van der Waals surface area contributed by atoms with Crippen LogP contribution in [0.1, 0.15) is 45.1 Å². The first-order valence-corrected chi connectivity index (χ1v) is 10.1. The van der Waals surface area contributed by atoms with Gasteiger partial charge in [-0.05, 0) is 56.7 Å². The zero-order valence-corrected chi connectivity index (χ0v) is 16.7. The normalized spacial score (nSPS) is 17.1. The lowest BCUT2D eigenvalue weighted by Gasteiger charge is -2.23. The van der Waals surface area contributed by atoms with Gasteiger partial charge in [0.15, 0.2) is 11.5 Å². The molecule has 1 N–H and O–H groups in total. The minimum atomic E-state index is -0.506. The molecular weight excluding hydrogens is 328 g/mol. The zero-order valence-electron chi connectivity index (χ0n) is 16.7. The van der Waals surface area contributed by atoms with Gasteiger partial charge in [-0.15, -0.1) is 0 Å². The monoisotopic (exact) mass is 364 g/mol. The number of hydrogen-bond donors (Lipinski definition) is 1. The fourth-order valence-corrected chi connectivity index (χ4v) is 3.50. The number of hydrogen-bond acceptors (Lipinski definition) is 5. The molecule has 1 aromatic rings. The fourth-order valence-electron chi connectivity index (χ4n) is 3.50. The van der Waals surface area contributed by atoms with Crippen molar-refractivity contribution in [3.63, 3.8) is 0 Å². The maximum atomic E-state index is 10.3. The Hall–Kier alpha value is -1.30. The largest absolute Gasteiger partial charge is 0.493 e. The van der Waals surface area contributed by atoms with Crippen molar-refractivity contribution in [2.24, 2.45) is 0 Å². The molecular formula is C21H36N2O3. The molecule has 5 heteroatoms. The third-order valence-corrected chi connectivity index (χ3v) is 5.13. The Labute approximate surface area is 158 Å². The number of rotatable bonds is 10.